The van der Waals surface area contributed by atoms with Gasteiger partial charge in [0.15, 0.2) is 0 Å². The van der Waals surface area contributed by atoms with E-state index in [9.17, 15) is 19.2 Å². The third-order valence-corrected chi connectivity index (χ3v) is 5.81. The maximum atomic E-state index is 12.9. The molecule has 2 fully saturated rings. The fourth-order valence-corrected chi connectivity index (χ4v) is 3.90. The Morgan fingerprint density at radius 1 is 1.14 bits per heavy atom. The van der Waals surface area contributed by atoms with Crippen LogP contribution in [0.1, 0.15) is 62.7 Å². The summed E-state index contributed by atoms with van der Waals surface area (Å²) in [4.78, 5) is 51.0. The predicted octanol–water partition coefficient (Wildman–Crippen LogP) is 2.41. The van der Waals surface area contributed by atoms with Gasteiger partial charge in [0.05, 0.1) is 0 Å². The van der Waals surface area contributed by atoms with Gasteiger partial charge in [0, 0.05) is 17.3 Å². The van der Waals surface area contributed by atoms with Gasteiger partial charge in [0.2, 0.25) is 5.91 Å². The Bertz CT molecular complexity index is 799. The van der Waals surface area contributed by atoms with Crippen molar-refractivity contribution in [3.05, 3.63) is 29.8 Å². The van der Waals surface area contributed by atoms with Crippen LogP contribution in [0.25, 0.3) is 0 Å². The third-order valence-electron chi connectivity index (χ3n) is 5.81. The smallest absolute Gasteiger partial charge is 0.323 e. The molecule has 2 aliphatic rings. The van der Waals surface area contributed by atoms with Crippen molar-refractivity contribution in [2.45, 2.75) is 64.0 Å². The monoisotopic (exact) mass is 400 g/mol. The molecule has 3 rings (SSSR count). The minimum absolute atomic E-state index is 0.0800. The largest absolute Gasteiger partial charge is 0.350 e. The summed E-state index contributed by atoms with van der Waals surface area (Å²) >= 11 is 0. The van der Waals surface area contributed by atoms with Crippen molar-refractivity contribution in [1.82, 2.24) is 15.5 Å². The molecule has 1 aromatic rings. The molecule has 1 spiro atoms. The normalized spacial score (nSPS) is 19.4. The number of carbonyl (C=O) groups is 4. The summed E-state index contributed by atoms with van der Waals surface area (Å²) < 4.78 is 0. The summed E-state index contributed by atoms with van der Waals surface area (Å²) in [5.41, 5.74) is 0.0332. The molecule has 1 aromatic carbocycles. The Kier molecular flexibility index (Phi) is 6.20. The van der Waals surface area contributed by atoms with Gasteiger partial charge in [0.25, 0.3) is 11.8 Å². The number of hydrogen-bond donors (Lipinski definition) is 3. The molecule has 29 heavy (non-hydrogen) atoms. The van der Waals surface area contributed by atoms with E-state index in [4.69, 9.17) is 0 Å². The molecule has 156 valence electrons. The van der Waals surface area contributed by atoms with Gasteiger partial charge in [-0.1, -0.05) is 26.2 Å². The topological polar surface area (TPSA) is 108 Å². The van der Waals surface area contributed by atoms with Crippen LogP contribution < -0.4 is 16.0 Å². The number of benzene rings is 1. The van der Waals surface area contributed by atoms with Crippen LogP contribution in [0.15, 0.2) is 24.3 Å². The number of nitrogens with zero attached hydrogens (tertiary/aromatic N) is 1. The molecule has 0 radical (unpaired) electrons. The number of nitrogens with one attached hydrogen (secondary N) is 3. The number of carbonyl (C=O) groups excluding carboxylic acids is 4. The lowest BCUT2D eigenvalue weighted by Gasteiger charge is -2.46. The number of urea groups is 1. The van der Waals surface area contributed by atoms with Crippen LogP contribution >= 0.6 is 0 Å². The Morgan fingerprint density at radius 2 is 1.79 bits per heavy atom. The number of amides is 5. The van der Waals surface area contributed by atoms with Crippen LogP contribution in [0, 0.1) is 0 Å². The first kappa shape index (κ1) is 20.8. The first-order valence-electron chi connectivity index (χ1n) is 10.2. The Balaban J connectivity index is 1.72. The number of imide groups is 1. The molecule has 0 bridgehead atoms. The standard InChI is InChI=1S/C21H28N4O4/c1-3-14(2)22-18(27)15-7-9-16(10-8-15)23-20(29)25-13-17(26)24-19(28)21(25)11-5-4-6-12-21/h7-10,14H,3-6,11-13H2,1-2H3,(H,22,27)(H,23,29)(H,24,26,28)/t14-/m1/s1. The quantitative estimate of drug-likeness (QED) is 0.675. The highest BCUT2D eigenvalue weighted by Crippen LogP contribution is 2.36. The number of hydrogen-bond acceptors (Lipinski definition) is 4. The zero-order valence-electron chi connectivity index (χ0n) is 16.9. The second-order valence-electron chi connectivity index (χ2n) is 7.85. The minimum Gasteiger partial charge on any atom is -0.350 e. The van der Waals surface area contributed by atoms with E-state index in [1.54, 1.807) is 24.3 Å². The molecule has 1 saturated heterocycles. The van der Waals surface area contributed by atoms with Crippen molar-refractivity contribution in [3.63, 3.8) is 0 Å². The number of piperazine rings is 1. The zero-order chi connectivity index (χ0) is 21.0. The van der Waals surface area contributed by atoms with Crippen molar-refractivity contribution < 1.29 is 19.2 Å². The van der Waals surface area contributed by atoms with E-state index < -0.39 is 17.5 Å². The summed E-state index contributed by atoms with van der Waals surface area (Å²) in [7, 11) is 0. The average Bonchev–Trinajstić information content (AvgIpc) is 2.72. The molecular weight excluding hydrogens is 372 g/mol. The van der Waals surface area contributed by atoms with Gasteiger partial charge in [-0.05, 0) is 50.5 Å². The summed E-state index contributed by atoms with van der Waals surface area (Å²) in [5.74, 6) is -1.03. The SMILES string of the molecule is CC[C@@H](C)NC(=O)c1ccc(NC(=O)N2CC(=O)NC(=O)C23CCCCC3)cc1. The summed E-state index contributed by atoms with van der Waals surface area (Å²) in [6.07, 6.45) is 4.63. The third kappa shape index (κ3) is 4.41. The molecule has 0 aromatic heterocycles. The Labute approximate surface area is 170 Å². The molecular formula is C21H28N4O4. The van der Waals surface area contributed by atoms with E-state index in [0.717, 1.165) is 25.7 Å². The molecule has 1 atom stereocenters. The van der Waals surface area contributed by atoms with E-state index in [2.05, 4.69) is 16.0 Å². The fraction of sp³-hybridized carbons (Fsp3) is 0.524. The van der Waals surface area contributed by atoms with Crippen molar-refractivity contribution in [3.8, 4) is 0 Å². The van der Waals surface area contributed by atoms with Gasteiger partial charge in [0.1, 0.15) is 12.1 Å². The van der Waals surface area contributed by atoms with Gasteiger partial charge in [-0.3, -0.25) is 19.7 Å². The van der Waals surface area contributed by atoms with Crippen molar-refractivity contribution in [1.29, 1.82) is 0 Å². The van der Waals surface area contributed by atoms with E-state index in [1.807, 2.05) is 13.8 Å². The molecule has 8 nitrogen and oxygen atoms in total. The van der Waals surface area contributed by atoms with E-state index in [0.29, 0.717) is 24.1 Å². The lowest BCUT2D eigenvalue weighted by atomic mass is 9.78. The first-order chi connectivity index (χ1) is 13.9. The average molecular weight is 400 g/mol. The molecule has 1 aliphatic carbocycles. The van der Waals surface area contributed by atoms with E-state index in [1.165, 1.54) is 4.90 Å². The lowest BCUT2D eigenvalue weighted by Crippen LogP contribution is -2.69. The maximum Gasteiger partial charge on any atom is 0.323 e. The van der Waals surface area contributed by atoms with Gasteiger partial charge in [-0.15, -0.1) is 0 Å². The molecule has 1 heterocycles. The van der Waals surface area contributed by atoms with Crippen LogP contribution in [0.4, 0.5) is 10.5 Å². The summed E-state index contributed by atoms with van der Waals surface area (Å²) in [5, 5.41) is 8.04. The van der Waals surface area contributed by atoms with Crippen molar-refractivity contribution in [2.75, 3.05) is 11.9 Å². The number of rotatable bonds is 4. The zero-order valence-corrected chi connectivity index (χ0v) is 16.9. The van der Waals surface area contributed by atoms with Crippen molar-refractivity contribution >= 4 is 29.4 Å². The highest BCUT2D eigenvalue weighted by atomic mass is 16.2. The highest BCUT2D eigenvalue weighted by Gasteiger charge is 2.51. The molecule has 3 N–H and O–H groups in total. The van der Waals surface area contributed by atoms with Crippen LogP contribution in [-0.4, -0.2) is 46.8 Å². The fourth-order valence-electron chi connectivity index (χ4n) is 3.90. The molecule has 0 unspecified atom stereocenters. The lowest BCUT2D eigenvalue weighted by molar-refractivity contribution is -0.146. The summed E-state index contributed by atoms with van der Waals surface area (Å²) in [6.45, 7) is 3.78. The van der Waals surface area contributed by atoms with Gasteiger partial charge in [-0.2, -0.15) is 0 Å². The van der Waals surface area contributed by atoms with Crippen molar-refractivity contribution in [2.24, 2.45) is 0 Å². The molecule has 8 heteroatoms. The predicted molar refractivity (Wildman–Crippen MR) is 108 cm³/mol. The van der Waals surface area contributed by atoms with E-state index >= 15 is 0 Å². The van der Waals surface area contributed by atoms with Crippen LogP contribution in [-0.2, 0) is 9.59 Å². The van der Waals surface area contributed by atoms with Gasteiger partial charge >= 0.3 is 6.03 Å². The minimum atomic E-state index is -0.966. The first-order valence-corrected chi connectivity index (χ1v) is 10.2. The Hall–Kier alpha value is -2.90. The van der Waals surface area contributed by atoms with Gasteiger partial charge in [-0.25, -0.2) is 4.79 Å². The molecule has 5 amide bonds. The molecule has 1 saturated carbocycles. The maximum absolute atomic E-state index is 12.9. The van der Waals surface area contributed by atoms with Crippen LogP contribution in [0.5, 0.6) is 0 Å². The second kappa shape index (κ2) is 8.63. The molecule has 1 aliphatic heterocycles. The highest BCUT2D eigenvalue weighted by molar-refractivity contribution is 6.08. The Morgan fingerprint density at radius 3 is 2.41 bits per heavy atom. The van der Waals surface area contributed by atoms with Crippen LogP contribution in [0.2, 0.25) is 0 Å². The van der Waals surface area contributed by atoms with E-state index in [-0.39, 0.29) is 24.4 Å². The summed E-state index contributed by atoms with van der Waals surface area (Å²) in [6, 6.07) is 6.16. The number of anilines is 1. The van der Waals surface area contributed by atoms with Crippen LogP contribution in [0.3, 0.4) is 0 Å². The second-order valence-corrected chi connectivity index (χ2v) is 7.85. The van der Waals surface area contributed by atoms with Gasteiger partial charge < -0.3 is 15.5 Å².